The molecular formula is C20H18FN3OS. The van der Waals surface area contributed by atoms with E-state index in [-0.39, 0.29) is 11.7 Å². The number of carbonyl (C=O) groups excluding carboxylic acids is 1. The summed E-state index contributed by atoms with van der Waals surface area (Å²) in [5, 5.41) is 0.887. The average molecular weight is 367 g/mol. The number of anilines is 1. The molecule has 3 aromatic rings. The Labute approximate surface area is 155 Å². The first-order valence-electron chi connectivity index (χ1n) is 8.52. The van der Waals surface area contributed by atoms with Crippen molar-refractivity contribution in [1.29, 1.82) is 0 Å². The molecule has 0 radical (unpaired) electrons. The van der Waals surface area contributed by atoms with Crippen molar-refractivity contribution >= 4 is 38.7 Å². The number of amides is 1. The van der Waals surface area contributed by atoms with Gasteiger partial charge in [0.2, 0.25) is 5.91 Å². The van der Waals surface area contributed by atoms with Crippen molar-refractivity contribution in [2.75, 3.05) is 31.1 Å². The molecule has 0 atom stereocenters. The summed E-state index contributed by atoms with van der Waals surface area (Å²) in [6.07, 6.45) is 3.47. The third kappa shape index (κ3) is 3.60. The molecule has 26 heavy (non-hydrogen) atoms. The first-order chi connectivity index (χ1) is 12.7. The van der Waals surface area contributed by atoms with E-state index < -0.39 is 0 Å². The molecule has 2 aromatic carbocycles. The van der Waals surface area contributed by atoms with Crippen LogP contribution in [-0.4, -0.2) is 42.0 Å². The quantitative estimate of drug-likeness (QED) is 0.661. The van der Waals surface area contributed by atoms with Crippen LogP contribution >= 0.6 is 11.3 Å². The van der Waals surface area contributed by atoms with Gasteiger partial charge in [0, 0.05) is 32.3 Å². The maximum Gasteiger partial charge on any atom is 0.246 e. The van der Waals surface area contributed by atoms with E-state index in [1.807, 2.05) is 41.3 Å². The molecule has 0 saturated carbocycles. The molecule has 132 valence electrons. The SMILES string of the molecule is O=C(C=Cc1ccccc1)N1CCN(c2nc3ccc(F)cc3s2)CC1. The molecular weight excluding hydrogens is 349 g/mol. The largest absolute Gasteiger partial charge is 0.345 e. The monoisotopic (exact) mass is 367 g/mol. The number of piperazine rings is 1. The van der Waals surface area contributed by atoms with Gasteiger partial charge in [-0.15, -0.1) is 0 Å². The molecule has 1 aliphatic heterocycles. The number of halogens is 1. The van der Waals surface area contributed by atoms with Crippen LogP contribution < -0.4 is 4.90 Å². The number of hydrogen-bond acceptors (Lipinski definition) is 4. The van der Waals surface area contributed by atoms with Crippen LogP contribution in [-0.2, 0) is 4.79 Å². The van der Waals surface area contributed by atoms with Gasteiger partial charge in [-0.1, -0.05) is 41.7 Å². The summed E-state index contributed by atoms with van der Waals surface area (Å²) in [5.41, 5.74) is 1.83. The maximum atomic E-state index is 13.3. The van der Waals surface area contributed by atoms with Crippen LogP contribution in [0.3, 0.4) is 0 Å². The normalized spacial score (nSPS) is 15.1. The molecule has 0 spiro atoms. The number of fused-ring (bicyclic) bond motifs is 1. The number of nitrogens with zero attached hydrogens (tertiary/aromatic N) is 3. The smallest absolute Gasteiger partial charge is 0.246 e. The first-order valence-corrected chi connectivity index (χ1v) is 9.34. The standard InChI is InChI=1S/C20H18FN3OS/c21-16-7-8-17-18(14-16)26-20(22-17)24-12-10-23(11-13-24)19(25)9-6-15-4-2-1-3-5-15/h1-9,14H,10-13H2. The summed E-state index contributed by atoms with van der Waals surface area (Å²) in [6, 6.07) is 14.5. The molecule has 0 unspecified atom stereocenters. The van der Waals surface area contributed by atoms with Crippen LogP contribution in [0, 0.1) is 5.82 Å². The van der Waals surface area contributed by atoms with Crippen molar-refractivity contribution in [2.45, 2.75) is 0 Å². The zero-order valence-electron chi connectivity index (χ0n) is 14.1. The second-order valence-corrected chi connectivity index (χ2v) is 7.17. The highest BCUT2D eigenvalue weighted by molar-refractivity contribution is 7.22. The maximum absolute atomic E-state index is 13.3. The van der Waals surface area contributed by atoms with E-state index in [9.17, 15) is 9.18 Å². The van der Waals surface area contributed by atoms with Crippen molar-refractivity contribution < 1.29 is 9.18 Å². The van der Waals surface area contributed by atoms with Crippen LogP contribution in [0.25, 0.3) is 16.3 Å². The predicted molar refractivity (Wildman–Crippen MR) is 104 cm³/mol. The molecule has 1 saturated heterocycles. The van der Waals surface area contributed by atoms with Crippen LogP contribution in [0.1, 0.15) is 5.56 Å². The van der Waals surface area contributed by atoms with E-state index in [2.05, 4.69) is 9.88 Å². The lowest BCUT2D eigenvalue weighted by atomic mass is 10.2. The molecule has 0 bridgehead atoms. The second-order valence-electron chi connectivity index (χ2n) is 6.16. The number of thiazole rings is 1. The summed E-state index contributed by atoms with van der Waals surface area (Å²) in [4.78, 5) is 21.0. The molecule has 2 heterocycles. The number of rotatable bonds is 3. The molecule has 0 aliphatic carbocycles. The fraction of sp³-hybridized carbons (Fsp3) is 0.200. The summed E-state index contributed by atoms with van der Waals surface area (Å²) in [5.74, 6) is -0.215. The summed E-state index contributed by atoms with van der Waals surface area (Å²) >= 11 is 1.49. The van der Waals surface area contributed by atoms with Crippen LogP contribution in [0.15, 0.2) is 54.6 Å². The molecule has 1 aromatic heterocycles. The van der Waals surface area contributed by atoms with E-state index in [0.29, 0.717) is 13.1 Å². The van der Waals surface area contributed by atoms with E-state index in [1.54, 1.807) is 12.1 Å². The van der Waals surface area contributed by atoms with E-state index in [1.165, 1.54) is 23.5 Å². The van der Waals surface area contributed by atoms with Crippen molar-refractivity contribution in [3.63, 3.8) is 0 Å². The Morgan fingerprint density at radius 2 is 1.85 bits per heavy atom. The van der Waals surface area contributed by atoms with Crippen LogP contribution in [0.5, 0.6) is 0 Å². The molecule has 0 N–H and O–H groups in total. The van der Waals surface area contributed by atoms with Gasteiger partial charge in [-0.3, -0.25) is 4.79 Å². The van der Waals surface area contributed by atoms with Gasteiger partial charge in [-0.05, 0) is 29.8 Å². The lowest BCUT2D eigenvalue weighted by molar-refractivity contribution is -0.126. The van der Waals surface area contributed by atoms with Crippen molar-refractivity contribution in [1.82, 2.24) is 9.88 Å². The number of benzene rings is 2. The van der Waals surface area contributed by atoms with Gasteiger partial charge in [0.15, 0.2) is 5.13 Å². The molecule has 1 aliphatic rings. The minimum atomic E-state index is -0.242. The third-order valence-corrected chi connectivity index (χ3v) is 5.50. The minimum absolute atomic E-state index is 0.0277. The Kier molecular flexibility index (Phi) is 4.67. The Morgan fingerprint density at radius 3 is 2.62 bits per heavy atom. The predicted octanol–water partition coefficient (Wildman–Crippen LogP) is 3.80. The van der Waals surface area contributed by atoms with Gasteiger partial charge < -0.3 is 9.80 Å². The Balaban J connectivity index is 1.38. The van der Waals surface area contributed by atoms with Crippen molar-refractivity contribution in [3.05, 3.63) is 66.0 Å². The van der Waals surface area contributed by atoms with Gasteiger partial charge in [0.05, 0.1) is 10.2 Å². The second kappa shape index (κ2) is 7.25. The van der Waals surface area contributed by atoms with Gasteiger partial charge in [-0.25, -0.2) is 9.37 Å². The van der Waals surface area contributed by atoms with Gasteiger partial charge in [-0.2, -0.15) is 0 Å². The van der Waals surface area contributed by atoms with Crippen molar-refractivity contribution in [3.8, 4) is 0 Å². The lowest BCUT2D eigenvalue weighted by Gasteiger charge is -2.34. The Hall–Kier alpha value is -2.73. The van der Waals surface area contributed by atoms with E-state index in [0.717, 1.165) is 34.0 Å². The molecule has 4 nitrogen and oxygen atoms in total. The lowest BCUT2D eigenvalue weighted by Crippen LogP contribution is -2.48. The highest BCUT2D eigenvalue weighted by Gasteiger charge is 2.22. The van der Waals surface area contributed by atoms with Crippen molar-refractivity contribution in [2.24, 2.45) is 0 Å². The average Bonchev–Trinajstić information content (AvgIpc) is 3.10. The zero-order valence-corrected chi connectivity index (χ0v) is 15.0. The zero-order chi connectivity index (χ0) is 17.9. The Bertz CT molecular complexity index is 946. The van der Waals surface area contributed by atoms with Crippen LogP contribution in [0.2, 0.25) is 0 Å². The van der Waals surface area contributed by atoms with Crippen LogP contribution in [0.4, 0.5) is 9.52 Å². The highest BCUT2D eigenvalue weighted by atomic mass is 32.1. The number of hydrogen-bond donors (Lipinski definition) is 0. The first kappa shape index (κ1) is 16.7. The number of carbonyl (C=O) groups is 1. The molecule has 4 rings (SSSR count). The third-order valence-electron chi connectivity index (χ3n) is 4.42. The van der Waals surface area contributed by atoms with Gasteiger partial charge >= 0.3 is 0 Å². The summed E-state index contributed by atoms with van der Waals surface area (Å²) in [6.45, 7) is 2.77. The van der Waals surface area contributed by atoms with Gasteiger partial charge in [0.25, 0.3) is 0 Å². The molecule has 1 amide bonds. The fourth-order valence-electron chi connectivity index (χ4n) is 2.98. The molecule has 1 fully saturated rings. The van der Waals surface area contributed by atoms with E-state index in [4.69, 9.17) is 0 Å². The minimum Gasteiger partial charge on any atom is -0.345 e. The summed E-state index contributed by atoms with van der Waals surface area (Å²) in [7, 11) is 0. The highest BCUT2D eigenvalue weighted by Crippen LogP contribution is 2.29. The Morgan fingerprint density at radius 1 is 1.08 bits per heavy atom. The summed E-state index contributed by atoms with van der Waals surface area (Å²) < 4.78 is 14.2. The number of aromatic nitrogens is 1. The van der Waals surface area contributed by atoms with E-state index >= 15 is 0 Å². The topological polar surface area (TPSA) is 36.4 Å². The molecule has 6 heteroatoms. The fourth-order valence-corrected chi connectivity index (χ4v) is 4.02. The van der Waals surface area contributed by atoms with Gasteiger partial charge in [0.1, 0.15) is 5.82 Å².